The topological polar surface area (TPSA) is 101 Å². The molecule has 0 radical (unpaired) electrons. The predicted octanol–water partition coefficient (Wildman–Crippen LogP) is 5.46. The Labute approximate surface area is 266 Å². The minimum absolute atomic E-state index is 0.151. The zero-order valence-corrected chi connectivity index (χ0v) is 30.0. The second-order valence-corrected chi connectivity index (χ2v) is 19.7. The maximum Gasteiger partial charge on any atom is 0.0913 e. The summed E-state index contributed by atoms with van der Waals surface area (Å²) in [5, 5.41) is 51.0. The Balaban J connectivity index is 2.80. The molecule has 1 aliphatic rings. The van der Waals surface area contributed by atoms with Crippen LogP contribution >= 0.6 is 57.9 Å². The van der Waals surface area contributed by atoms with Crippen LogP contribution in [-0.2, 0) is 0 Å². The molecule has 0 saturated heterocycles. The third-order valence-corrected chi connectivity index (χ3v) is 17.0. The SMILES string of the molecule is CC(C)C(CCC(CCSCCO)CSCC(O)[SH](CCO)C1CC(C)C(SCCO)CC1C(C)C)SCCO. The average Bonchev–Trinajstić information content (AvgIpc) is 2.92. The molecule has 8 unspecified atom stereocenters. The predicted molar refractivity (Wildman–Crippen MR) is 188 cm³/mol. The summed E-state index contributed by atoms with van der Waals surface area (Å²) in [4.78, 5) is 0. The van der Waals surface area contributed by atoms with Crippen LogP contribution in [0, 0.1) is 29.6 Å². The van der Waals surface area contributed by atoms with E-state index in [1.807, 2.05) is 47.0 Å². The lowest BCUT2D eigenvalue weighted by molar-refractivity contribution is 0.237. The lowest BCUT2D eigenvalue weighted by Crippen LogP contribution is -2.41. The van der Waals surface area contributed by atoms with E-state index in [1.165, 1.54) is 0 Å². The molecule has 242 valence electrons. The molecule has 0 aromatic rings. The van der Waals surface area contributed by atoms with Gasteiger partial charge < -0.3 is 25.5 Å². The van der Waals surface area contributed by atoms with E-state index in [-0.39, 0.29) is 31.9 Å². The number of thiol groups is 1. The number of aliphatic hydroxyl groups excluding tert-OH is 5. The highest BCUT2D eigenvalue weighted by Gasteiger charge is 2.40. The second kappa shape index (κ2) is 23.9. The van der Waals surface area contributed by atoms with Gasteiger partial charge in [0, 0.05) is 39.3 Å². The zero-order chi connectivity index (χ0) is 29.9. The summed E-state index contributed by atoms with van der Waals surface area (Å²) in [5.74, 6) is 8.83. The minimum Gasteiger partial charge on any atom is -0.396 e. The molecule has 0 spiro atoms. The third kappa shape index (κ3) is 15.5. The zero-order valence-electron chi connectivity index (χ0n) is 25.8. The van der Waals surface area contributed by atoms with Crippen LogP contribution in [0.3, 0.4) is 0 Å². The first-order valence-corrected chi connectivity index (χ1v) is 21.5. The average molecular weight is 663 g/mol. The molecule has 5 nitrogen and oxygen atoms in total. The molecule has 0 aromatic heterocycles. The van der Waals surface area contributed by atoms with Crippen LogP contribution in [0.25, 0.3) is 0 Å². The molecule has 0 amide bonds. The van der Waals surface area contributed by atoms with Gasteiger partial charge in [0.2, 0.25) is 0 Å². The number of aliphatic hydroxyl groups is 5. The van der Waals surface area contributed by atoms with Gasteiger partial charge in [-0.25, -0.2) is 10.9 Å². The number of rotatable bonds is 24. The van der Waals surface area contributed by atoms with Gasteiger partial charge in [-0.1, -0.05) is 34.6 Å². The molecule has 0 aliphatic heterocycles. The monoisotopic (exact) mass is 662 g/mol. The molecule has 0 aromatic carbocycles. The Bertz CT molecular complexity index is 603. The summed E-state index contributed by atoms with van der Waals surface area (Å²) < 4.78 is 0. The maximum absolute atomic E-state index is 11.5. The molecule has 10 heteroatoms. The van der Waals surface area contributed by atoms with Crippen LogP contribution in [-0.4, -0.2) is 113 Å². The first-order chi connectivity index (χ1) is 19.2. The van der Waals surface area contributed by atoms with Gasteiger partial charge in [-0.05, 0) is 78.4 Å². The third-order valence-electron chi connectivity index (χ3n) is 8.25. The summed E-state index contributed by atoms with van der Waals surface area (Å²) in [5.41, 5.74) is -0.347. The van der Waals surface area contributed by atoms with Gasteiger partial charge in [0.1, 0.15) is 0 Å². The van der Waals surface area contributed by atoms with Crippen LogP contribution in [0.4, 0.5) is 0 Å². The van der Waals surface area contributed by atoms with Crippen molar-refractivity contribution < 1.29 is 25.5 Å². The summed E-state index contributed by atoms with van der Waals surface area (Å²) in [6, 6.07) is 0. The van der Waals surface area contributed by atoms with Crippen molar-refractivity contribution in [1.29, 1.82) is 0 Å². The van der Waals surface area contributed by atoms with Gasteiger partial charge in [0.25, 0.3) is 0 Å². The van der Waals surface area contributed by atoms with E-state index in [9.17, 15) is 25.5 Å². The van der Waals surface area contributed by atoms with Crippen LogP contribution in [0.5, 0.6) is 0 Å². The molecule has 0 heterocycles. The van der Waals surface area contributed by atoms with Crippen molar-refractivity contribution >= 4 is 57.9 Å². The highest BCUT2D eigenvalue weighted by atomic mass is 32.2. The van der Waals surface area contributed by atoms with Gasteiger partial charge in [-0.3, -0.25) is 0 Å². The summed E-state index contributed by atoms with van der Waals surface area (Å²) in [7, 11) is -0.684. The fourth-order valence-electron chi connectivity index (χ4n) is 5.93. The number of thioether (sulfide) groups is 4. The highest BCUT2D eigenvalue weighted by molar-refractivity contribution is 8.18. The Kier molecular flexibility index (Phi) is 23.6. The molecule has 1 fully saturated rings. The molecular formula is C30H62O5S5. The van der Waals surface area contributed by atoms with E-state index in [0.717, 1.165) is 72.4 Å². The van der Waals surface area contributed by atoms with Crippen molar-refractivity contribution in [3.05, 3.63) is 0 Å². The highest BCUT2D eigenvalue weighted by Crippen LogP contribution is 2.52. The van der Waals surface area contributed by atoms with Gasteiger partial charge in [-0.2, -0.15) is 47.0 Å². The minimum atomic E-state index is -0.684. The van der Waals surface area contributed by atoms with Crippen molar-refractivity contribution in [1.82, 2.24) is 0 Å². The lowest BCUT2D eigenvalue weighted by Gasteiger charge is -2.48. The normalized spacial score (nSPS) is 25.4. The van der Waals surface area contributed by atoms with Gasteiger partial charge >= 0.3 is 0 Å². The number of hydrogen-bond acceptors (Lipinski definition) is 9. The molecule has 1 aliphatic carbocycles. The first-order valence-electron chi connectivity index (χ1n) is 15.5. The molecule has 1 saturated carbocycles. The van der Waals surface area contributed by atoms with Crippen LogP contribution in [0.15, 0.2) is 0 Å². The van der Waals surface area contributed by atoms with Crippen molar-refractivity contribution in [2.24, 2.45) is 29.6 Å². The van der Waals surface area contributed by atoms with Crippen LogP contribution in [0.2, 0.25) is 0 Å². The van der Waals surface area contributed by atoms with E-state index >= 15 is 0 Å². The number of hydrogen-bond donors (Lipinski definition) is 6. The van der Waals surface area contributed by atoms with E-state index in [1.54, 1.807) is 0 Å². The van der Waals surface area contributed by atoms with Crippen molar-refractivity contribution in [3.63, 3.8) is 0 Å². The molecule has 0 bridgehead atoms. The standard InChI is InChI=1S/C30H62O5S5/c1-22(2)26-19-28(39-16-11-33)24(5)18-29(26)40(17-12-34)30(35)21-37-20-25(8-13-36-14-9-31)6-7-27(23(3)4)38-15-10-32/h22-35,40H,6-21H2,1-5H3. The fourth-order valence-corrected chi connectivity index (χ4v) is 14.0. The molecule has 5 N–H and O–H groups in total. The van der Waals surface area contributed by atoms with Gasteiger partial charge in [-0.15, -0.1) is 0 Å². The Morgan fingerprint density at radius 3 is 2.08 bits per heavy atom. The largest absolute Gasteiger partial charge is 0.396 e. The van der Waals surface area contributed by atoms with Crippen molar-refractivity contribution in [2.45, 2.75) is 87.9 Å². The molecular weight excluding hydrogens is 601 g/mol. The maximum atomic E-state index is 11.5. The first kappa shape index (κ1) is 39.6. The van der Waals surface area contributed by atoms with E-state index in [2.05, 4.69) is 34.6 Å². The molecule has 8 atom stereocenters. The summed E-state index contributed by atoms with van der Waals surface area (Å²) >= 11 is 7.53. The summed E-state index contributed by atoms with van der Waals surface area (Å²) in [6.45, 7) is 12.4. The van der Waals surface area contributed by atoms with E-state index in [0.29, 0.717) is 45.3 Å². The molecule has 40 heavy (non-hydrogen) atoms. The van der Waals surface area contributed by atoms with Crippen molar-refractivity contribution in [3.8, 4) is 0 Å². The second-order valence-electron chi connectivity index (χ2n) is 12.0. The van der Waals surface area contributed by atoms with E-state index in [4.69, 9.17) is 0 Å². The molecule has 1 rings (SSSR count). The van der Waals surface area contributed by atoms with Crippen LogP contribution < -0.4 is 0 Å². The fraction of sp³-hybridized carbons (Fsp3) is 1.00. The van der Waals surface area contributed by atoms with Gasteiger partial charge in [0.05, 0.1) is 31.9 Å². The Morgan fingerprint density at radius 2 is 1.48 bits per heavy atom. The smallest absolute Gasteiger partial charge is 0.0913 e. The summed E-state index contributed by atoms with van der Waals surface area (Å²) in [6.07, 6.45) is 5.72. The Hall–Kier alpha value is 1.55. The Morgan fingerprint density at radius 1 is 0.775 bits per heavy atom. The lowest BCUT2D eigenvalue weighted by atomic mass is 9.77. The van der Waals surface area contributed by atoms with Gasteiger partial charge in [0.15, 0.2) is 0 Å². The quantitative estimate of drug-likeness (QED) is 0.0595. The van der Waals surface area contributed by atoms with Crippen LogP contribution in [0.1, 0.15) is 66.7 Å². The van der Waals surface area contributed by atoms with Crippen molar-refractivity contribution in [2.75, 3.05) is 66.7 Å². The van der Waals surface area contributed by atoms with E-state index < -0.39 is 10.9 Å².